The summed E-state index contributed by atoms with van der Waals surface area (Å²) in [6, 6.07) is 3.81. The molecule has 3 N–H and O–H groups in total. The van der Waals surface area contributed by atoms with Crippen molar-refractivity contribution in [2.75, 3.05) is 7.11 Å². The third-order valence-corrected chi connectivity index (χ3v) is 2.57. The Morgan fingerprint density at radius 3 is 2.83 bits per heavy atom. The molecule has 4 nitrogen and oxygen atoms in total. The second-order valence-electron chi connectivity index (χ2n) is 4.11. The van der Waals surface area contributed by atoms with Crippen molar-refractivity contribution in [3.05, 3.63) is 29.6 Å². The lowest BCUT2D eigenvalue weighted by atomic mass is 10.1. The van der Waals surface area contributed by atoms with Gasteiger partial charge in [0.15, 0.2) is 0 Å². The largest absolute Gasteiger partial charge is 0.497 e. The Labute approximate surface area is 106 Å². The van der Waals surface area contributed by atoms with Crippen molar-refractivity contribution in [3.63, 3.8) is 0 Å². The summed E-state index contributed by atoms with van der Waals surface area (Å²) in [7, 11) is 1.47. The highest BCUT2D eigenvalue weighted by atomic mass is 19.1. The van der Waals surface area contributed by atoms with Gasteiger partial charge in [-0.05, 0) is 24.1 Å². The van der Waals surface area contributed by atoms with Crippen LogP contribution in [0.25, 0.3) is 0 Å². The third kappa shape index (κ3) is 4.33. The van der Waals surface area contributed by atoms with Gasteiger partial charge in [-0.25, -0.2) is 4.39 Å². The van der Waals surface area contributed by atoms with E-state index in [0.717, 1.165) is 6.42 Å². The molecule has 0 fully saturated rings. The maximum absolute atomic E-state index is 13.2. The van der Waals surface area contributed by atoms with E-state index in [1.807, 2.05) is 6.92 Å². The zero-order valence-corrected chi connectivity index (χ0v) is 10.7. The molecule has 1 amide bonds. The van der Waals surface area contributed by atoms with Crippen molar-refractivity contribution in [2.24, 2.45) is 5.73 Å². The number of ether oxygens (including phenoxy) is 1. The minimum Gasteiger partial charge on any atom is -0.497 e. The zero-order valence-electron chi connectivity index (χ0n) is 10.7. The Balaban J connectivity index is 2.57. The van der Waals surface area contributed by atoms with E-state index in [1.165, 1.54) is 19.2 Å². The number of nitrogens with one attached hydrogen (secondary N) is 1. The highest BCUT2D eigenvalue weighted by Crippen LogP contribution is 2.15. The van der Waals surface area contributed by atoms with Gasteiger partial charge in [0.25, 0.3) is 0 Å². The number of methoxy groups -OCH3 is 1. The van der Waals surface area contributed by atoms with Crippen LogP contribution in [0.1, 0.15) is 25.3 Å². The van der Waals surface area contributed by atoms with Crippen LogP contribution in [0.3, 0.4) is 0 Å². The molecule has 0 saturated heterocycles. The van der Waals surface area contributed by atoms with Crippen LogP contribution in [0.15, 0.2) is 18.2 Å². The minimum atomic E-state index is -0.509. The molecule has 5 heteroatoms. The number of nitrogens with two attached hydrogens (primary N) is 1. The fourth-order valence-corrected chi connectivity index (χ4v) is 1.60. The van der Waals surface area contributed by atoms with Crippen LogP contribution in [0.2, 0.25) is 0 Å². The summed E-state index contributed by atoms with van der Waals surface area (Å²) in [5, 5.41) is 2.68. The smallest absolute Gasteiger partial charge is 0.237 e. The van der Waals surface area contributed by atoms with Gasteiger partial charge in [-0.3, -0.25) is 4.79 Å². The van der Waals surface area contributed by atoms with E-state index in [-0.39, 0.29) is 12.5 Å². The van der Waals surface area contributed by atoms with Crippen LogP contribution in [-0.2, 0) is 11.3 Å². The summed E-state index contributed by atoms with van der Waals surface area (Å²) in [5.74, 6) is -0.186. The van der Waals surface area contributed by atoms with Gasteiger partial charge < -0.3 is 15.8 Å². The first-order valence-corrected chi connectivity index (χ1v) is 5.93. The molecule has 1 aromatic carbocycles. The molecule has 100 valence electrons. The average molecular weight is 254 g/mol. The van der Waals surface area contributed by atoms with Crippen LogP contribution in [-0.4, -0.2) is 19.1 Å². The maximum atomic E-state index is 13.2. The highest BCUT2D eigenvalue weighted by Gasteiger charge is 2.11. The number of hydrogen-bond donors (Lipinski definition) is 2. The van der Waals surface area contributed by atoms with Gasteiger partial charge in [0, 0.05) is 12.6 Å². The molecule has 0 bridgehead atoms. The molecule has 0 radical (unpaired) electrons. The van der Waals surface area contributed by atoms with E-state index in [1.54, 1.807) is 6.07 Å². The summed E-state index contributed by atoms with van der Waals surface area (Å²) in [5.41, 5.74) is 6.31. The third-order valence-electron chi connectivity index (χ3n) is 2.57. The maximum Gasteiger partial charge on any atom is 0.237 e. The molecule has 0 aliphatic carbocycles. The molecule has 18 heavy (non-hydrogen) atoms. The summed E-state index contributed by atoms with van der Waals surface area (Å²) < 4.78 is 18.2. The molecule has 0 aromatic heterocycles. The van der Waals surface area contributed by atoms with Gasteiger partial charge in [0.2, 0.25) is 5.91 Å². The standard InChI is InChI=1S/C13H19FN2O2/c1-3-4-12(15)13(17)16-8-9-5-10(14)7-11(6-9)18-2/h5-7,12H,3-4,8,15H2,1-2H3,(H,16,17). The quantitative estimate of drug-likeness (QED) is 0.810. The first-order chi connectivity index (χ1) is 8.56. The summed E-state index contributed by atoms with van der Waals surface area (Å²) in [6.07, 6.45) is 1.49. The van der Waals surface area contributed by atoms with Gasteiger partial charge >= 0.3 is 0 Å². The Hall–Kier alpha value is -1.62. The van der Waals surface area contributed by atoms with E-state index >= 15 is 0 Å². The molecule has 1 atom stereocenters. The van der Waals surface area contributed by atoms with Crippen molar-refractivity contribution in [2.45, 2.75) is 32.4 Å². The van der Waals surface area contributed by atoms with Crippen molar-refractivity contribution in [3.8, 4) is 5.75 Å². The Morgan fingerprint density at radius 2 is 2.22 bits per heavy atom. The molecule has 0 saturated carbocycles. The monoisotopic (exact) mass is 254 g/mol. The SMILES string of the molecule is CCCC(N)C(=O)NCc1cc(F)cc(OC)c1. The lowest BCUT2D eigenvalue weighted by Gasteiger charge is -2.11. The number of rotatable bonds is 6. The normalized spacial score (nSPS) is 12.0. The van der Waals surface area contributed by atoms with Gasteiger partial charge in [0.05, 0.1) is 13.2 Å². The molecule has 0 spiro atoms. The fraction of sp³-hybridized carbons (Fsp3) is 0.462. The average Bonchev–Trinajstić information content (AvgIpc) is 2.35. The summed E-state index contributed by atoms with van der Waals surface area (Å²) in [6.45, 7) is 2.20. The Morgan fingerprint density at radius 1 is 1.50 bits per heavy atom. The predicted molar refractivity (Wildman–Crippen MR) is 67.7 cm³/mol. The first kappa shape index (κ1) is 14.4. The van der Waals surface area contributed by atoms with Crippen molar-refractivity contribution in [1.82, 2.24) is 5.32 Å². The number of halogens is 1. The Bertz CT molecular complexity index is 410. The zero-order chi connectivity index (χ0) is 13.5. The molecule has 0 aliphatic heterocycles. The van der Waals surface area contributed by atoms with E-state index in [2.05, 4.69) is 5.32 Å². The van der Waals surface area contributed by atoms with Crippen LogP contribution >= 0.6 is 0 Å². The summed E-state index contributed by atoms with van der Waals surface area (Å²) in [4.78, 5) is 11.6. The molecule has 1 rings (SSSR count). The number of hydrogen-bond acceptors (Lipinski definition) is 3. The number of benzene rings is 1. The predicted octanol–water partition coefficient (Wildman–Crippen LogP) is 1.58. The molecular weight excluding hydrogens is 235 g/mol. The minimum absolute atomic E-state index is 0.222. The first-order valence-electron chi connectivity index (χ1n) is 5.93. The second kappa shape index (κ2) is 6.96. The molecule has 1 aromatic rings. The van der Waals surface area contributed by atoms with Crippen LogP contribution in [0.5, 0.6) is 5.75 Å². The second-order valence-corrected chi connectivity index (χ2v) is 4.11. The molecule has 0 aliphatic rings. The highest BCUT2D eigenvalue weighted by molar-refractivity contribution is 5.81. The number of carbonyl (C=O) groups is 1. The van der Waals surface area contributed by atoms with Crippen LogP contribution in [0, 0.1) is 5.82 Å². The van der Waals surface area contributed by atoms with Gasteiger partial charge in [-0.1, -0.05) is 13.3 Å². The van der Waals surface area contributed by atoms with E-state index in [9.17, 15) is 9.18 Å². The van der Waals surface area contributed by atoms with Crippen molar-refractivity contribution >= 4 is 5.91 Å². The van der Waals surface area contributed by atoms with E-state index in [0.29, 0.717) is 17.7 Å². The lowest BCUT2D eigenvalue weighted by Crippen LogP contribution is -2.40. The van der Waals surface area contributed by atoms with Crippen molar-refractivity contribution in [1.29, 1.82) is 0 Å². The van der Waals surface area contributed by atoms with E-state index in [4.69, 9.17) is 10.5 Å². The molecule has 1 unspecified atom stereocenters. The summed E-state index contributed by atoms with van der Waals surface area (Å²) >= 11 is 0. The fourth-order valence-electron chi connectivity index (χ4n) is 1.60. The Kier molecular flexibility index (Phi) is 5.58. The van der Waals surface area contributed by atoms with Crippen LogP contribution in [0.4, 0.5) is 4.39 Å². The van der Waals surface area contributed by atoms with Gasteiger partial charge in [-0.15, -0.1) is 0 Å². The van der Waals surface area contributed by atoms with Crippen molar-refractivity contribution < 1.29 is 13.9 Å². The molecular formula is C13H19FN2O2. The lowest BCUT2D eigenvalue weighted by molar-refractivity contribution is -0.122. The van der Waals surface area contributed by atoms with Gasteiger partial charge in [-0.2, -0.15) is 0 Å². The van der Waals surface area contributed by atoms with E-state index < -0.39 is 11.9 Å². The van der Waals surface area contributed by atoms with Crippen LogP contribution < -0.4 is 15.8 Å². The number of amides is 1. The number of carbonyl (C=O) groups excluding carboxylic acids is 1. The topological polar surface area (TPSA) is 64.4 Å². The van der Waals surface area contributed by atoms with Gasteiger partial charge in [0.1, 0.15) is 11.6 Å². The molecule has 0 heterocycles.